The summed E-state index contributed by atoms with van der Waals surface area (Å²) in [6.45, 7) is 2.05. The van der Waals surface area contributed by atoms with Gasteiger partial charge in [-0.25, -0.2) is 9.59 Å². The number of anilines is 1. The first kappa shape index (κ1) is 23.0. The number of hydrogen-bond donors (Lipinski definition) is 3. The van der Waals surface area contributed by atoms with Gasteiger partial charge in [-0.15, -0.1) is 11.8 Å². The molecule has 10 heteroatoms. The Morgan fingerprint density at radius 1 is 1.14 bits per heavy atom. The van der Waals surface area contributed by atoms with Crippen LogP contribution in [0.4, 0.5) is 10.6 Å². The number of aromatic nitrogens is 2. The Hall–Kier alpha value is -3.79. The zero-order chi connectivity index (χ0) is 24.5. The zero-order valence-corrected chi connectivity index (χ0v) is 19.7. The summed E-state index contributed by atoms with van der Waals surface area (Å²) in [5.41, 5.74) is 4.59. The number of carbonyl (C=O) groups is 3. The van der Waals surface area contributed by atoms with E-state index in [1.165, 1.54) is 22.7 Å². The molecule has 2 unspecified atom stereocenters. The molecule has 35 heavy (non-hydrogen) atoms. The fourth-order valence-corrected chi connectivity index (χ4v) is 6.06. The molecule has 1 fully saturated rings. The molecule has 2 aromatic carbocycles. The van der Waals surface area contributed by atoms with Gasteiger partial charge >= 0.3 is 12.1 Å². The number of carboxylic acid groups (broad SMARTS) is 1. The third-order valence-electron chi connectivity index (χ3n) is 6.34. The molecule has 1 aliphatic carbocycles. The van der Waals surface area contributed by atoms with E-state index in [4.69, 9.17) is 4.74 Å². The number of hydrogen-bond acceptors (Lipinski definition) is 6. The van der Waals surface area contributed by atoms with Crippen molar-refractivity contribution in [1.29, 1.82) is 0 Å². The predicted molar refractivity (Wildman–Crippen MR) is 131 cm³/mol. The summed E-state index contributed by atoms with van der Waals surface area (Å²) < 4.78 is 5.52. The second kappa shape index (κ2) is 9.46. The first-order valence-corrected chi connectivity index (χ1v) is 12.4. The summed E-state index contributed by atoms with van der Waals surface area (Å²) in [5.74, 6) is -1.13. The average Bonchev–Trinajstić information content (AvgIpc) is 3.58. The summed E-state index contributed by atoms with van der Waals surface area (Å²) in [4.78, 5) is 38.4. The van der Waals surface area contributed by atoms with E-state index < -0.39 is 24.0 Å². The minimum Gasteiger partial charge on any atom is -0.480 e. The third kappa shape index (κ3) is 4.25. The molecule has 0 spiro atoms. The number of ether oxygens (including phenoxy) is 1. The molecule has 0 bridgehead atoms. The van der Waals surface area contributed by atoms with E-state index >= 15 is 0 Å². The highest BCUT2D eigenvalue weighted by Crippen LogP contribution is 2.44. The smallest absolute Gasteiger partial charge is 0.412 e. The number of H-pyrrole nitrogens is 1. The number of benzene rings is 2. The average molecular weight is 493 g/mol. The fraction of sp³-hybridized carbons (Fsp3) is 0.280. The van der Waals surface area contributed by atoms with Crippen LogP contribution >= 0.6 is 11.8 Å². The summed E-state index contributed by atoms with van der Waals surface area (Å²) in [6.07, 6.45) is -0.0666. The molecule has 5 rings (SSSR count). The summed E-state index contributed by atoms with van der Waals surface area (Å²) in [7, 11) is 0. The van der Waals surface area contributed by atoms with Crippen molar-refractivity contribution >= 4 is 35.5 Å². The van der Waals surface area contributed by atoms with E-state index in [0.717, 1.165) is 22.3 Å². The monoisotopic (exact) mass is 492 g/mol. The van der Waals surface area contributed by atoms with Gasteiger partial charge in [-0.1, -0.05) is 55.5 Å². The second-order valence-corrected chi connectivity index (χ2v) is 9.59. The number of carbonyl (C=O) groups excluding carboxylic acids is 2. The van der Waals surface area contributed by atoms with Gasteiger partial charge in [0.2, 0.25) is 0 Å². The van der Waals surface area contributed by atoms with Crippen LogP contribution in [0.25, 0.3) is 11.1 Å². The van der Waals surface area contributed by atoms with Gasteiger partial charge in [0, 0.05) is 17.7 Å². The first-order chi connectivity index (χ1) is 17.0. The van der Waals surface area contributed by atoms with Crippen LogP contribution < -0.4 is 5.32 Å². The van der Waals surface area contributed by atoms with Crippen LogP contribution in [0.2, 0.25) is 0 Å². The van der Waals surface area contributed by atoms with E-state index in [1.54, 1.807) is 0 Å². The molecule has 1 aromatic heterocycles. The molecular formula is C25H24N4O5S. The Kier molecular flexibility index (Phi) is 6.21. The Morgan fingerprint density at radius 2 is 1.80 bits per heavy atom. The van der Waals surface area contributed by atoms with Gasteiger partial charge in [-0.2, -0.15) is 5.10 Å². The third-order valence-corrected chi connectivity index (χ3v) is 7.80. The van der Waals surface area contributed by atoms with Crippen LogP contribution in [0, 0.1) is 0 Å². The minimum atomic E-state index is -1.04. The molecule has 3 aromatic rings. The molecule has 2 amide bonds. The lowest BCUT2D eigenvalue weighted by Gasteiger charge is -2.25. The lowest BCUT2D eigenvalue weighted by Crippen LogP contribution is -2.45. The molecule has 2 heterocycles. The van der Waals surface area contributed by atoms with Crippen molar-refractivity contribution in [1.82, 2.24) is 15.1 Å². The van der Waals surface area contributed by atoms with Gasteiger partial charge in [0.25, 0.3) is 5.91 Å². The summed E-state index contributed by atoms with van der Waals surface area (Å²) in [6, 6.07) is 16.6. The highest BCUT2D eigenvalue weighted by atomic mass is 32.2. The van der Waals surface area contributed by atoms with Crippen molar-refractivity contribution in [2.45, 2.75) is 30.7 Å². The highest BCUT2D eigenvalue weighted by Gasteiger charge is 2.41. The molecule has 0 saturated carbocycles. The molecule has 0 radical (unpaired) electrons. The number of amides is 2. The Balaban J connectivity index is 1.24. The van der Waals surface area contributed by atoms with E-state index in [0.29, 0.717) is 12.2 Å². The van der Waals surface area contributed by atoms with E-state index in [2.05, 4.69) is 27.6 Å². The number of carboxylic acids is 1. The fourth-order valence-electron chi connectivity index (χ4n) is 4.71. The van der Waals surface area contributed by atoms with Crippen LogP contribution in [-0.4, -0.2) is 61.9 Å². The van der Waals surface area contributed by atoms with Gasteiger partial charge in [0.1, 0.15) is 18.3 Å². The number of nitrogens with zero attached hydrogens (tertiary/aromatic N) is 2. The first-order valence-electron chi connectivity index (χ1n) is 11.3. The Bertz CT molecular complexity index is 1250. The van der Waals surface area contributed by atoms with E-state index in [9.17, 15) is 19.5 Å². The topological polar surface area (TPSA) is 125 Å². The minimum absolute atomic E-state index is 0.0731. The largest absolute Gasteiger partial charge is 0.480 e. The number of nitrogens with one attached hydrogen (secondary N) is 2. The summed E-state index contributed by atoms with van der Waals surface area (Å²) in [5, 5.41) is 18.4. The SMILES string of the molecule is CCC1SCC(C(=O)O)N1C(=O)c1cc(NC(=O)OCC2c3ccccc3-c3ccccc32)n[nH]1. The van der Waals surface area contributed by atoms with Crippen LogP contribution in [-0.2, 0) is 9.53 Å². The molecule has 2 aliphatic rings. The van der Waals surface area contributed by atoms with Crippen LogP contribution in [0.5, 0.6) is 0 Å². The van der Waals surface area contributed by atoms with Crippen LogP contribution in [0.1, 0.15) is 40.9 Å². The number of thioether (sulfide) groups is 1. The van der Waals surface area contributed by atoms with Crippen LogP contribution in [0.15, 0.2) is 54.6 Å². The maximum Gasteiger partial charge on any atom is 0.412 e. The molecule has 3 N–H and O–H groups in total. The van der Waals surface area contributed by atoms with Crippen molar-refractivity contribution < 1.29 is 24.2 Å². The standard InChI is InChI=1S/C25H24N4O5S/c1-2-22-29(20(13-35-22)24(31)32)23(30)19-11-21(28-27-19)26-25(33)34-12-18-16-9-5-3-7-14(16)15-8-4-6-10-17(15)18/h3-11,18,20,22H,2,12-13H2,1H3,(H,31,32)(H2,26,27,28,33). The van der Waals surface area contributed by atoms with Crippen molar-refractivity contribution in [3.8, 4) is 11.1 Å². The van der Waals surface area contributed by atoms with Gasteiger partial charge in [-0.05, 0) is 28.7 Å². The predicted octanol–water partition coefficient (Wildman–Crippen LogP) is 4.15. The van der Waals surface area contributed by atoms with Crippen molar-refractivity contribution in [3.63, 3.8) is 0 Å². The van der Waals surface area contributed by atoms with Crippen LogP contribution in [0.3, 0.4) is 0 Å². The van der Waals surface area contributed by atoms with Crippen molar-refractivity contribution in [3.05, 3.63) is 71.4 Å². The van der Waals surface area contributed by atoms with Gasteiger partial charge in [0.05, 0.1) is 5.37 Å². The molecule has 2 atom stereocenters. The molecule has 1 saturated heterocycles. The maximum atomic E-state index is 13.0. The molecule has 180 valence electrons. The van der Waals surface area contributed by atoms with E-state index in [1.807, 2.05) is 43.3 Å². The van der Waals surface area contributed by atoms with Crippen molar-refractivity contribution in [2.75, 3.05) is 17.7 Å². The highest BCUT2D eigenvalue weighted by molar-refractivity contribution is 8.00. The lowest BCUT2D eigenvalue weighted by atomic mass is 9.98. The number of aromatic amines is 1. The second-order valence-electron chi connectivity index (χ2n) is 8.38. The Labute approximate surface area is 205 Å². The van der Waals surface area contributed by atoms with E-state index in [-0.39, 0.29) is 29.4 Å². The number of rotatable bonds is 6. The quantitative estimate of drug-likeness (QED) is 0.472. The summed E-state index contributed by atoms with van der Waals surface area (Å²) >= 11 is 1.44. The molecule has 9 nitrogen and oxygen atoms in total. The van der Waals surface area contributed by atoms with Gasteiger partial charge in [0.15, 0.2) is 5.82 Å². The van der Waals surface area contributed by atoms with Gasteiger partial charge < -0.3 is 14.7 Å². The van der Waals surface area contributed by atoms with Gasteiger partial charge in [-0.3, -0.25) is 15.2 Å². The molecular weight excluding hydrogens is 468 g/mol. The lowest BCUT2D eigenvalue weighted by molar-refractivity contribution is -0.141. The number of fused-ring (bicyclic) bond motifs is 3. The molecule has 1 aliphatic heterocycles. The maximum absolute atomic E-state index is 13.0. The Morgan fingerprint density at radius 3 is 2.43 bits per heavy atom. The zero-order valence-electron chi connectivity index (χ0n) is 18.9. The number of aliphatic carboxylic acids is 1. The normalized spacial score (nSPS) is 18.7. The van der Waals surface area contributed by atoms with Crippen molar-refractivity contribution in [2.24, 2.45) is 0 Å².